The Bertz CT molecular complexity index is 2000. The summed E-state index contributed by atoms with van der Waals surface area (Å²) < 4.78 is 83.5. The maximum absolute atomic E-state index is 14.2. The number of rotatable bonds is 6. The first-order chi connectivity index (χ1) is 21.9. The molecule has 250 valence electrons. The Balaban J connectivity index is 1.47. The van der Waals surface area contributed by atoms with Gasteiger partial charge in [0.05, 0.1) is 19.8 Å². The van der Waals surface area contributed by atoms with Gasteiger partial charge in [0.2, 0.25) is 21.7 Å². The fourth-order valence-electron chi connectivity index (χ4n) is 6.53. The van der Waals surface area contributed by atoms with E-state index in [0.717, 1.165) is 9.96 Å². The molecule has 5 heterocycles. The molecule has 1 saturated heterocycles. The summed E-state index contributed by atoms with van der Waals surface area (Å²) in [6, 6.07) is 8.76. The highest BCUT2D eigenvalue weighted by Gasteiger charge is 2.47. The number of hydrogen-bond acceptors (Lipinski definition) is 8. The van der Waals surface area contributed by atoms with Crippen molar-refractivity contribution in [3.8, 4) is 5.88 Å². The van der Waals surface area contributed by atoms with Gasteiger partial charge >= 0.3 is 6.18 Å². The molecule has 0 saturated carbocycles. The number of Topliss-reactive ketones (excluding diaryl/α,β-unsaturated/α-hetero) is 1. The SMILES string of the molecule is CC(=O)C(C)(C)[C@H](c1ccc(C)c(CN2C[C@]3(CCOC3)Oc3ncc(C)cc3S2(=O)=O)c1)c1ccn2c(C(F)(F)F)nnc2c1C. The second kappa shape index (κ2) is 11.4. The summed E-state index contributed by atoms with van der Waals surface area (Å²) in [6.45, 7) is 11.1. The van der Waals surface area contributed by atoms with Gasteiger partial charge in [-0.05, 0) is 73.2 Å². The third kappa shape index (κ3) is 5.69. The van der Waals surface area contributed by atoms with Crippen molar-refractivity contribution in [2.24, 2.45) is 5.41 Å². The van der Waals surface area contributed by atoms with Crippen molar-refractivity contribution >= 4 is 21.5 Å². The monoisotopic (exact) mass is 671 g/mol. The summed E-state index contributed by atoms with van der Waals surface area (Å²) in [6.07, 6.45) is -1.36. The molecule has 14 heteroatoms. The molecule has 6 rings (SSSR count). The highest BCUT2D eigenvalue weighted by molar-refractivity contribution is 7.89. The summed E-state index contributed by atoms with van der Waals surface area (Å²) in [5, 5.41) is 7.25. The first-order valence-electron chi connectivity index (χ1n) is 15.2. The lowest BCUT2D eigenvalue weighted by Crippen LogP contribution is -2.47. The zero-order valence-corrected chi connectivity index (χ0v) is 27.8. The van der Waals surface area contributed by atoms with Crippen LogP contribution in [-0.4, -0.2) is 63.4 Å². The van der Waals surface area contributed by atoms with Gasteiger partial charge < -0.3 is 9.47 Å². The normalized spacial score (nSPS) is 20.6. The van der Waals surface area contributed by atoms with Crippen molar-refractivity contribution < 1.29 is 35.9 Å². The number of halogens is 3. The number of ketones is 1. The van der Waals surface area contributed by atoms with Crippen LogP contribution in [0.5, 0.6) is 5.88 Å². The molecule has 47 heavy (non-hydrogen) atoms. The number of carbonyl (C=O) groups is 1. The molecule has 0 bridgehead atoms. The number of ether oxygens (including phenoxy) is 2. The zero-order valence-electron chi connectivity index (χ0n) is 27.0. The van der Waals surface area contributed by atoms with E-state index in [9.17, 15) is 26.4 Å². The molecule has 0 unspecified atom stereocenters. The summed E-state index contributed by atoms with van der Waals surface area (Å²) in [4.78, 5) is 17.5. The number of fused-ring (bicyclic) bond motifs is 2. The Hall–Kier alpha value is -3.88. The maximum Gasteiger partial charge on any atom is 0.452 e. The molecule has 0 amide bonds. The van der Waals surface area contributed by atoms with E-state index in [0.29, 0.717) is 40.8 Å². The predicted molar refractivity (Wildman–Crippen MR) is 166 cm³/mol. The molecule has 4 aromatic rings. The zero-order chi connectivity index (χ0) is 34.1. The van der Waals surface area contributed by atoms with Crippen molar-refractivity contribution in [1.29, 1.82) is 0 Å². The van der Waals surface area contributed by atoms with E-state index in [1.165, 1.54) is 17.4 Å². The van der Waals surface area contributed by atoms with Gasteiger partial charge in [-0.25, -0.2) is 13.4 Å². The standard InChI is InChI=1S/C33H36F3N5O5S/c1-19-13-26-29(37-15-19)46-32(10-12-45-18-32)17-40(47(26,43)44)16-24-14-23(8-7-20(24)2)27(31(5,6)22(4)42)25-9-11-41-28(21(25)3)38-39-30(41)33(34,35)36/h7-9,11,13-15,27H,10,12,16-18H2,1-6H3/t27-,32+/m1/s1. The van der Waals surface area contributed by atoms with Gasteiger partial charge in [0, 0.05) is 36.7 Å². The van der Waals surface area contributed by atoms with Gasteiger partial charge in [-0.1, -0.05) is 32.0 Å². The third-order valence-electron chi connectivity index (χ3n) is 9.53. The van der Waals surface area contributed by atoms with Crippen molar-refractivity contribution in [3.05, 3.63) is 81.9 Å². The van der Waals surface area contributed by atoms with Gasteiger partial charge in [0.15, 0.2) is 5.65 Å². The predicted octanol–water partition coefficient (Wildman–Crippen LogP) is 5.56. The molecule has 2 atom stereocenters. The highest BCUT2D eigenvalue weighted by atomic mass is 32.2. The van der Waals surface area contributed by atoms with Gasteiger partial charge in [-0.2, -0.15) is 17.5 Å². The van der Waals surface area contributed by atoms with E-state index in [1.807, 2.05) is 25.1 Å². The number of pyridine rings is 2. The molecule has 2 aliphatic rings. The van der Waals surface area contributed by atoms with Gasteiger partial charge in [0.1, 0.15) is 16.3 Å². The summed E-state index contributed by atoms with van der Waals surface area (Å²) in [5.41, 5.74) is 2.09. The van der Waals surface area contributed by atoms with Gasteiger partial charge in [0.25, 0.3) is 0 Å². The second-order valence-electron chi connectivity index (χ2n) is 13.2. The Morgan fingerprint density at radius 3 is 2.51 bits per heavy atom. The van der Waals surface area contributed by atoms with Gasteiger partial charge in [-0.3, -0.25) is 9.20 Å². The molecule has 3 aromatic heterocycles. The molecule has 1 fully saturated rings. The molecule has 0 radical (unpaired) electrons. The number of sulfonamides is 1. The van der Waals surface area contributed by atoms with E-state index >= 15 is 0 Å². The van der Waals surface area contributed by atoms with Crippen molar-refractivity contribution in [1.82, 2.24) is 23.9 Å². The second-order valence-corrected chi connectivity index (χ2v) is 15.1. The Labute approximate surface area is 271 Å². The van der Waals surface area contributed by atoms with Gasteiger partial charge in [-0.15, -0.1) is 10.2 Å². The number of aromatic nitrogens is 4. The lowest BCUT2D eigenvalue weighted by molar-refractivity contribution is -0.145. The lowest BCUT2D eigenvalue weighted by atomic mass is 9.68. The molecule has 0 N–H and O–H groups in total. The Morgan fingerprint density at radius 1 is 1.11 bits per heavy atom. The van der Waals surface area contributed by atoms with Crippen LogP contribution in [0.25, 0.3) is 5.65 Å². The van der Waals surface area contributed by atoms with Crippen LogP contribution in [0.2, 0.25) is 0 Å². The minimum atomic E-state index is -4.70. The number of benzene rings is 1. The topological polar surface area (TPSA) is 116 Å². The van der Waals surface area contributed by atoms with E-state index in [4.69, 9.17) is 9.47 Å². The summed E-state index contributed by atoms with van der Waals surface area (Å²) >= 11 is 0. The number of nitrogens with zero attached hydrogens (tertiary/aromatic N) is 5. The van der Waals surface area contributed by atoms with Crippen LogP contribution in [0.3, 0.4) is 0 Å². The van der Waals surface area contributed by atoms with Crippen LogP contribution in [0.15, 0.2) is 47.6 Å². The molecular weight excluding hydrogens is 635 g/mol. The number of carbonyl (C=O) groups excluding carboxylic acids is 1. The average Bonchev–Trinajstić information content (AvgIpc) is 3.62. The number of aryl methyl sites for hydroxylation is 3. The van der Waals surface area contributed by atoms with Crippen molar-refractivity contribution in [2.75, 3.05) is 19.8 Å². The lowest BCUT2D eigenvalue weighted by Gasteiger charge is -2.35. The van der Waals surface area contributed by atoms with Crippen LogP contribution < -0.4 is 4.74 Å². The first kappa shape index (κ1) is 33.0. The molecule has 2 aliphatic heterocycles. The van der Waals surface area contributed by atoms with E-state index in [1.54, 1.807) is 46.0 Å². The number of alkyl halides is 3. The van der Waals surface area contributed by atoms with E-state index in [-0.39, 0.29) is 41.9 Å². The van der Waals surface area contributed by atoms with Crippen molar-refractivity contribution in [3.63, 3.8) is 0 Å². The molecule has 1 spiro atoms. The first-order valence-corrected chi connectivity index (χ1v) is 16.6. The molecule has 1 aromatic carbocycles. The minimum absolute atomic E-state index is 0.00482. The van der Waals surface area contributed by atoms with Crippen LogP contribution in [0.4, 0.5) is 13.2 Å². The average molecular weight is 672 g/mol. The largest absolute Gasteiger partial charge is 0.466 e. The molecule has 10 nitrogen and oxygen atoms in total. The molecule has 0 aliphatic carbocycles. The fourth-order valence-corrected chi connectivity index (χ4v) is 8.17. The van der Waals surface area contributed by atoms with Crippen molar-refractivity contribution in [2.45, 2.75) is 77.1 Å². The maximum atomic E-state index is 14.2. The summed E-state index contributed by atoms with van der Waals surface area (Å²) in [5.74, 6) is -1.83. The molecular formula is C33H36F3N5O5S. The smallest absolute Gasteiger partial charge is 0.452 e. The van der Waals surface area contributed by atoms with Crippen LogP contribution >= 0.6 is 0 Å². The summed E-state index contributed by atoms with van der Waals surface area (Å²) in [7, 11) is -4.06. The van der Waals surface area contributed by atoms with E-state index < -0.39 is 39.0 Å². The fraction of sp³-hybridized carbons (Fsp3) is 0.455. The highest BCUT2D eigenvalue weighted by Crippen LogP contribution is 2.45. The van der Waals surface area contributed by atoms with Crippen LogP contribution in [0.1, 0.15) is 72.3 Å². The quantitative estimate of drug-likeness (QED) is 0.262. The Morgan fingerprint density at radius 2 is 1.85 bits per heavy atom. The number of hydrogen-bond donors (Lipinski definition) is 0. The van der Waals surface area contributed by atoms with Crippen LogP contribution in [0, 0.1) is 26.2 Å². The van der Waals surface area contributed by atoms with E-state index in [2.05, 4.69) is 15.2 Å². The van der Waals surface area contributed by atoms with Crippen LogP contribution in [-0.2, 0) is 32.3 Å². The minimum Gasteiger partial charge on any atom is -0.466 e. The third-order valence-corrected chi connectivity index (χ3v) is 11.3. The Kier molecular flexibility index (Phi) is 8.00.